The molecule has 4 atom stereocenters. The van der Waals surface area contributed by atoms with Gasteiger partial charge in [-0.25, -0.2) is 0 Å². The lowest BCUT2D eigenvalue weighted by molar-refractivity contribution is 0.240. The van der Waals surface area contributed by atoms with Crippen LogP contribution < -0.4 is 5.32 Å². The molecule has 3 aliphatic rings. The topological polar surface area (TPSA) is 35.8 Å². The molecule has 1 N–H and O–H groups in total. The molecule has 3 fully saturated rings. The lowest BCUT2D eigenvalue weighted by Crippen LogP contribution is -2.42. The molecule has 3 rings (SSSR count). The van der Waals surface area contributed by atoms with Crippen LogP contribution in [0.3, 0.4) is 0 Å². The Labute approximate surface area is 105 Å². The van der Waals surface area contributed by atoms with Gasteiger partial charge in [0.25, 0.3) is 0 Å². The second-order valence-corrected chi connectivity index (χ2v) is 6.40. The molecule has 0 spiro atoms. The summed E-state index contributed by atoms with van der Waals surface area (Å²) in [5.74, 6) is 2.36. The average molecular weight is 232 g/mol. The Balaban J connectivity index is 1.52. The number of nitrogens with one attached hydrogen (secondary N) is 1. The number of hydrogen-bond donors (Lipinski definition) is 1. The van der Waals surface area contributed by atoms with Gasteiger partial charge < -0.3 is 5.32 Å². The molecule has 0 aliphatic heterocycles. The number of hydrogen-bond acceptors (Lipinski definition) is 2. The van der Waals surface area contributed by atoms with Crippen LogP contribution in [-0.4, -0.2) is 12.1 Å². The summed E-state index contributed by atoms with van der Waals surface area (Å²) in [6.07, 6.45) is 12.2. The largest absolute Gasteiger partial charge is 0.310 e. The van der Waals surface area contributed by atoms with Crippen LogP contribution in [-0.2, 0) is 0 Å². The highest BCUT2D eigenvalue weighted by Crippen LogP contribution is 2.44. The third-order valence-corrected chi connectivity index (χ3v) is 5.14. The molecule has 0 heterocycles. The second-order valence-electron chi connectivity index (χ2n) is 6.40. The summed E-state index contributed by atoms with van der Waals surface area (Å²) in [4.78, 5) is 0. The van der Waals surface area contributed by atoms with Crippen molar-refractivity contribution in [3.05, 3.63) is 0 Å². The number of nitriles is 1. The van der Waals surface area contributed by atoms with Gasteiger partial charge in [-0.3, -0.25) is 0 Å². The van der Waals surface area contributed by atoms with E-state index in [2.05, 4.69) is 11.4 Å². The Hall–Kier alpha value is -0.550. The van der Waals surface area contributed by atoms with Crippen molar-refractivity contribution < 1.29 is 0 Å². The summed E-state index contributed by atoms with van der Waals surface area (Å²) in [5.41, 5.74) is 0. The van der Waals surface area contributed by atoms with Crippen molar-refractivity contribution in [1.29, 1.82) is 5.26 Å². The monoisotopic (exact) mass is 232 g/mol. The fourth-order valence-electron chi connectivity index (χ4n) is 3.99. The van der Waals surface area contributed by atoms with Gasteiger partial charge in [0.1, 0.15) is 0 Å². The van der Waals surface area contributed by atoms with Crippen LogP contribution >= 0.6 is 0 Å². The smallest absolute Gasteiger partial charge is 0.0672 e. The number of rotatable bonds is 3. The Bertz CT molecular complexity index is 303. The Morgan fingerprint density at radius 1 is 0.882 bits per heavy atom. The van der Waals surface area contributed by atoms with Crippen molar-refractivity contribution >= 4 is 0 Å². The molecule has 0 bridgehead atoms. The Morgan fingerprint density at radius 2 is 1.71 bits per heavy atom. The van der Waals surface area contributed by atoms with Gasteiger partial charge in [0.2, 0.25) is 0 Å². The number of nitrogens with zero attached hydrogens (tertiary/aromatic N) is 1. The molecule has 3 saturated carbocycles. The van der Waals surface area contributed by atoms with Crippen molar-refractivity contribution in [2.75, 3.05) is 0 Å². The van der Waals surface area contributed by atoms with Crippen molar-refractivity contribution in [2.45, 2.75) is 69.9 Å². The van der Waals surface area contributed by atoms with Gasteiger partial charge in [0.15, 0.2) is 0 Å². The lowest BCUT2D eigenvalue weighted by atomic mass is 9.82. The first-order valence-corrected chi connectivity index (χ1v) is 7.52. The molecule has 94 valence electrons. The summed E-state index contributed by atoms with van der Waals surface area (Å²) in [5, 5.41) is 12.9. The van der Waals surface area contributed by atoms with E-state index < -0.39 is 0 Å². The molecule has 0 amide bonds. The summed E-state index contributed by atoms with van der Waals surface area (Å²) >= 11 is 0. The molecular formula is C15H24N2. The Morgan fingerprint density at radius 3 is 2.47 bits per heavy atom. The normalized spacial score (nSPS) is 42.3. The molecule has 0 aromatic carbocycles. The van der Waals surface area contributed by atoms with E-state index in [4.69, 9.17) is 5.26 Å². The summed E-state index contributed by atoms with van der Waals surface area (Å²) in [6, 6.07) is 3.71. The average Bonchev–Trinajstić information content (AvgIpc) is 3.11. The molecule has 17 heavy (non-hydrogen) atoms. The van der Waals surface area contributed by atoms with Crippen molar-refractivity contribution in [3.63, 3.8) is 0 Å². The minimum absolute atomic E-state index is 0.288. The summed E-state index contributed by atoms with van der Waals surface area (Å²) < 4.78 is 0. The van der Waals surface area contributed by atoms with Crippen LogP contribution in [0.15, 0.2) is 0 Å². The van der Waals surface area contributed by atoms with Gasteiger partial charge in [-0.05, 0) is 50.4 Å². The summed E-state index contributed by atoms with van der Waals surface area (Å²) in [7, 11) is 0. The fourth-order valence-corrected chi connectivity index (χ4v) is 3.99. The molecule has 2 nitrogen and oxygen atoms in total. The maximum absolute atomic E-state index is 9.13. The van der Waals surface area contributed by atoms with Crippen LogP contribution in [0.4, 0.5) is 0 Å². The van der Waals surface area contributed by atoms with E-state index in [1.807, 2.05) is 0 Å². The van der Waals surface area contributed by atoms with Gasteiger partial charge in [-0.15, -0.1) is 0 Å². The molecular weight excluding hydrogens is 208 g/mol. The molecule has 0 saturated heterocycles. The predicted molar refractivity (Wildman–Crippen MR) is 68.3 cm³/mol. The maximum Gasteiger partial charge on any atom is 0.0672 e. The van der Waals surface area contributed by atoms with Gasteiger partial charge in [-0.1, -0.05) is 19.3 Å². The fraction of sp³-hybridized carbons (Fsp3) is 0.933. The molecule has 3 aliphatic carbocycles. The third kappa shape index (κ3) is 2.65. The quantitative estimate of drug-likeness (QED) is 0.811. The molecule has 0 aromatic heterocycles. The minimum Gasteiger partial charge on any atom is -0.310 e. The second kappa shape index (κ2) is 4.98. The molecule has 4 unspecified atom stereocenters. The van der Waals surface area contributed by atoms with Crippen LogP contribution in [0.2, 0.25) is 0 Å². The van der Waals surface area contributed by atoms with E-state index >= 15 is 0 Å². The maximum atomic E-state index is 9.13. The van der Waals surface area contributed by atoms with Gasteiger partial charge >= 0.3 is 0 Å². The van der Waals surface area contributed by atoms with Gasteiger partial charge in [0.05, 0.1) is 12.0 Å². The molecule has 0 radical (unpaired) electrons. The zero-order valence-electron chi connectivity index (χ0n) is 10.7. The molecule has 2 heteroatoms. The minimum atomic E-state index is 0.288. The first kappa shape index (κ1) is 11.5. The van der Waals surface area contributed by atoms with Crippen LogP contribution in [0, 0.1) is 29.1 Å². The lowest BCUT2D eigenvalue weighted by Gasteiger charge is -2.32. The predicted octanol–water partition coefficient (Wildman–Crippen LogP) is 3.24. The van der Waals surface area contributed by atoms with Crippen LogP contribution in [0.25, 0.3) is 0 Å². The molecule has 0 aromatic rings. The third-order valence-electron chi connectivity index (χ3n) is 5.14. The van der Waals surface area contributed by atoms with E-state index in [1.165, 1.54) is 51.4 Å². The highest BCUT2D eigenvalue weighted by atomic mass is 15.0. The first-order chi connectivity index (χ1) is 8.36. The van der Waals surface area contributed by atoms with E-state index in [1.54, 1.807) is 0 Å². The first-order valence-electron chi connectivity index (χ1n) is 7.52. The van der Waals surface area contributed by atoms with Gasteiger partial charge in [-0.2, -0.15) is 5.26 Å². The van der Waals surface area contributed by atoms with E-state index in [0.29, 0.717) is 12.1 Å². The van der Waals surface area contributed by atoms with E-state index in [9.17, 15) is 0 Å². The highest BCUT2D eigenvalue weighted by Gasteiger charge is 2.36. The Kier molecular flexibility index (Phi) is 3.38. The van der Waals surface area contributed by atoms with Crippen molar-refractivity contribution in [2.24, 2.45) is 17.8 Å². The zero-order chi connectivity index (χ0) is 11.7. The SMILES string of the molecule is N#CC1CCCC1NC1CCCC(C2CC2)C1. The zero-order valence-corrected chi connectivity index (χ0v) is 10.7. The van der Waals surface area contributed by atoms with E-state index in [0.717, 1.165) is 18.3 Å². The van der Waals surface area contributed by atoms with Gasteiger partial charge in [0, 0.05) is 12.1 Å². The highest BCUT2D eigenvalue weighted by molar-refractivity contribution is 4.98. The van der Waals surface area contributed by atoms with Crippen LogP contribution in [0.1, 0.15) is 57.8 Å². The van der Waals surface area contributed by atoms with Crippen molar-refractivity contribution in [3.8, 4) is 6.07 Å². The summed E-state index contributed by atoms with van der Waals surface area (Å²) in [6.45, 7) is 0. The van der Waals surface area contributed by atoms with Crippen molar-refractivity contribution in [1.82, 2.24) is 5.32 Å². The van der Waals surface area contributed by atoms with E-state index in [-0.39, 0.29) is 5.92 Å². The standard InChI is InChI=1S/C15H24N2/c16-10-13-4-2-6-15(13)17-14-5-1-3-12(9-14)11-7-8-11/h11-15,17H,1-9H2. The van der Waals surface area contributed by atoms with Crippen LogP contribution in [0.5, 0.6) is 0 Å².